The monoisotopic (exact) mass is 494 g/mol. The minimum absolute atomic E-state index is 0.335. The molecule has 1 aliphatic rings. The molecule has 8 nitrogen and oxygen atoms in total. The molecule has 2 aromatic heterocycles. The average Bonchev–Trinajstić information content (AvgIpc) is 3.42. The van der Waals surface area contributed by atoms with E-state index >= 15 is 0 Å². The summed E-state index contributed by atoms with van der Waals surface area (Å²) in [7, 11) is 3.36. The fourth-order valence-corrected chi connectivity index (χ4v) is 5.10. The van der Waals surface area contributed by atoms with E-state index in [0.29, 0.717) is 6.04 Å². The van der Waals surface area contributed by atoms with Crippen LogP contribution in [0.15, 0.2) is 67.0 Å². The molecule has 2 N–H and O–H groups in total. The number of hydrogen-bond acceptors (Lipinski definition) is 7. The SMILES string of the molecule is COc1ccc(-c2nnc(NC3CCN(Cc4ccc5nc[nH]c5c4)CC3)c3cc(OC)ccc23)cc1. The summed E-state index contributed by atoms with van der Waals surface area (Å²) in [6.45, 7) is 2.99. The molecule has 5 aromatic rings. The maximum absolute atomic E-state index is 5.53. The number of imidazole rings is 1. The quantitative estimate of drug-likeness (QED) is 0.319. The predicted octanol–water partition coefficient (Wildman–Crippen LogP) is 5.27. The number of methoxy groups -OCH3 is 2. The Labute approximate surface area is 215 Å². The second-order valence-electron chi connectivity index (χ2n) is 9.49. The highest BCUT2D eigenvalue weighted by atomic mass is 16.5. The van der Waals surface area contributed by atoms with Crippen LogP contribution in [0.1, 0.15) is 18.4 Å². The highest BCUT2D eigenvalue weighted by Gasteiger charge is 2.21. The zero-order valence-electron chi connectivity index (χ0n) is 21.1. The predicted molar refractivity (Wildman–Crippen MR) is 146 cm³/mol. The summed E-state index contributed by atoms with van der Waals surface area (Å²) < 4.78 is 10.8. The van der Waals surface area contributed by atoms with Gasteiger partial charge in [-0.05, 0) is 73.0 Å². The summed E-state index contributed by atoms with van der Waals surface area (Å²) in [4.78, 5) is 10.0. The highest BCUT2D eigenvalue weighted by Crippen LogP contribution is 2.34. The molecule has 37 heavy (non-hydrogen) atoms. The molecule has 1 fully saturated rings. The van der Waals surface area contributed by atoms with E-state index in [9.17, 15) is 0 Å². The van der Waals surface area contributed by atoms with Gasteiger partial charge in [0.25, 0.3) is 0 Å². The third kappa shape index (κ3) is 4.80. The molecule has 6 rings (SSSR count). The number of ether oxygens (including phenoxy) is 2. The third-order valence-corrected chi connectivity index (χ3v) is 7.17. The summed E-state index contributed by atoms with van der Waals surface area (Å²) in [5.41, 5.74) is 5.25. The molecule has 1 saturated heterocycles. The molecule has 3 aromatic carbocycles. The molecular formula is C29H30N6O2. The van der Waals surface area contributed by atoms with Gasteiger partial charge in [-0.25, -0.2) is 4.98 Å². The summed E-state index contributed by atoms with van der Waals surface area (Å²) in [6.07, 6.45) is 3.83. The van der Waals surface area contributed by atoms with Crippen molar-refractivity contribution in [2.24, 2.45) is 0 Å². The van der Waals surface area contributed by atoms with Gasteiger partial charge in [0.05, 0.1) is 31.6 Å². The number of nitrogens with one attached hydrogen (secondary N) is 2. The number of hydrogen-bond donors (Lipinski definition) is 2. The van der Waals surface area contributed by atoms with E-state index in [1.165, 1.54) is 5.56 Å². The van der Waals surface area contributed by atoms with Gasteiger partial charge < -0.3 is 19.8 Å². The van der Waals surface area contributed by atoms with Gasteiger partial charge in [-0.15, -0.1) is 10.2 Å². The number of piperidine rings is 1. The Bertz CT molecular complexity index is 1520. The Morgan fingerprint density at radius 2 is 1.68 bits per heavy atom. The normalized spacial score (nSPS) is 14.8. The first-order valence-corrected chi connectivity index (χ1v) is 12.6. The molecule has 0 aliphatic carbocycles. The lowest BCUT2D eigenvalue weighted by Crippen LogP contribution is -2.38. The zero-order chi connectivity index (χ0) is 25.2. The molecule has 0 spiro atoms. The Kier molecular flexibility index (Phi) is 6.32. The van der Waals surface area contributed by atoms with Gasteiger partial charge >= 0.3 is 0 Å². The lowest BCUT2D eigenvalue weighted by molar-refractivity contribution is 0.211. The maximum Gasteiger partial charge on any atom is 0.156 e. The number of benzene rings is 3. The first-order valence-electron chi connectivity index (χ1n) is 12.6. The summed E-state index contributed by atoms with van der Waals surface area (Å²) >= 11 is 0. The topological polar surface area (TPSA) is 88.2 Å². The van der Waals surface area contributed by atoms with E-state index in [4.69, 9.17) is 9.47 Å². The Morgan fingerprint density at radius 3 is 2.46 bits per heavy atom. The van der Waals surface area contributed by atoms with Crippen LogP contribution in [0.4, 0.5) is 5.82 Å². The highest BCUT2D eigenvalue weighted by molar-refractivity contribution is 6.00. The van der Waals surface area contributed by atoms with Crippen LogP contribution in [0.3, 0.4) is 0 Å². The van der Waals surface area contributed by atoms with Crippen molar-refractivity contribution >= 4 is 27.6 Å². The molecule has 3 heterocycles. The van der Waals surface area contributed by atoms with Crippen molar-refractivity contribution in [3.63, 3.8) is 0 Å². The lowest BCUT2D eigenvalue weighted by atomic mass is 10.0. The molecule has 8 heteroatoms. The second-order valence-corrected chi connectivity index (χ2v) is 9.49. The molecule has 0 atom stereocenters. The third-order valence-electron chi connectivity index (χ3n) is 7.17. The van der Waals surface area contributed by atoms with Crippen molar-refractivity contribution < 1.29 is 9.47 Å². The fourth-order valence-electron chi connectivity index (χ4n) is 5.10. The molecule has 0 saturated carbocycles. The van der Waals surface area contributed by atoms with E-state index in [1.807, 2.05) is 36.4 Å². The number of anilines is 1. The van der Waals surface area contributed by atoms with Gasteiger partial charge in [0.1, 0.15) is 17.2 Å². The van der Waals surface area contributed by atoms with Crippen LogP contribution in [0.5, 0.6) is 11.5 Å². The van der Waals surface area contributed by atoms with Crippen LogP contribution in [-0.2, 0) is 6.54 Å². The van der Waals surface area contributed by atoms with Crippen LogP contribution in [0.2, 0.25) is 0 Å². The maximum atomic E-state index is 5.53. The van der Waals surface area contributed by atoms with E-state index < -0.39 is 0 Å². The van der Waals surface area contributed by atoms with Gasteiger partial charge in [0, 0.05) is 42.0 Å². The van der Waals surface area contributed by atoms with E-state index in [1.54, 1.807) is 20.5 Å². The largest absolute Gasteiger partial charge is 0.497 e. The average molecular weight is 495 g/mol. The fraction of sp³-hybridized carbons (Fsp3) is 0.276. The second kappa shape index (κ2) is 10.1. The zero-order valence-corrected chi connectivity index (χ0v) is 21.1. The number of aromatic nitrogens is 4. The Morgan fingerprint density at radius 1 is 0.892 bits per heavy atom. The smallest absolute Gasteiger partial charge is 0.156 e. The lowest BCUT2D eigenvalue weighted by Gasteiger charge is -2.32. The molecule has 0 amide bonds. The number of H-pyrrole nitrogens is 1. The molecule has 188 valence electrons. The van der Waals surface area contributed by atoms with Gasteiger partial charge in [-0.3, -0.25) is 4.90 Å². The molecular weight excluding hydrogens is 464 g/mol. The standard InChI is InChI=1S/C29H30N6O2/c1-36-22-6-4-20(5-7-22)28-24-9-8-23(37-2)16-25(24)29(34-33-28)32-21-11-13-35(14-12-21)17-19-3-10-26-27(15-19)31-18-30-26/h3-10,15-16,18,21H,11-14,17H2,1-2H3,(H,30,31)(H,32,34). The molecule has 0 radical (unpaired) electrons. The van der Waals surface area contributed by atoms with Gasteiger partial charge in [0.15, 0.2) is 5.82 Å². The molecule has 0 unspecified atom stereocenters. The first-order chi connectivity index (χ1) is 18.2. The van der Waals surface area contributed by atoms with Crippen LogP contribution in [0, 0.1) is 0 Å². The number of rotatable bonds is 7. The number of fused-ring (bicyclic) bond motifs is 2. The van der Waals surface area contributed by atoms with Crippen molar-refractivity contribution in [1.29, 1.82) is 0 Å². The van der Waals surface area contributed by atoms with Crippen molar-refractivity contribution in [3.05, 3.63) is 72.6 Å². The van der Waals surface area contributed by atoms with Crippen molar-refractivity contribution in [3.8, 4) is 22.8 Å². The van der Waals surface area contributed by atoms with Crippen LogP contribution in [-0.4, -0.2) is 58.4 Å². The van der Waals surface area contributed by atoms with Crippen molar-refractivity contribution in [2.45, 2.75) is 25.4 Å². The number of aromatic amines is 1. The van der Waals surface area contributed by atoms with Crippen LogP contribution in [0.25, 0.3) is 33.1 Å². The van der Waals surface area contributed by atoms with Gasteiger partial charge in [-0.1, -0.05) is 6.07 Å². The van der Waals surface area contributed by atoms with Crippen LogP contribution < -0.4 is 14.8 Å². The molecule has 0 bridgehead atoms. The van der Waals surface area contributed by atoms with Crippen LogP contribution >= 0.6 is 0 Å². The Hall–Kier alpha value is -4.17. The summed E-state index contributed by atoms with van der Waals surface area (Å²) in [6, 6.07) is 20.8. The van der Waals surface area contributed by atoms with E-state index in [-0.39, 0.29) is 0 Å². The van der Waals surface area contributed by atoms with Gasteiger partial charge in [0.2, 0.25) is 0 Å². The Balaban J connectivity index is 1.19. The van der Waals surface area contributed by atoms with Crippen molar-refractivity contribution in [2.75, 3.05) is 32.6 Å². The minimum Gasteiger partial charge on any atom is -0.497 e. The summed E-state index contributed by atoms with van der Waals surface area (Å²) in [5.74, 6) is 2.41. The van der Waals surface area contributed by atoms with E-state index in [0.717, 1.165) is 82.9 Å². The van der Waals surface area contributed by atoms with E-state index in [2.05, 4.69) is 54.6 Å². The van der Waals surface area contributed by atoms with Crippen molar-refractivity contribution in [1.82, 2.24) is 25.1 Å². The number of nitrogens with zero attached hydrogens (tertiary/aromatic N) is 4. The van der Waals surface area contributed by atoms with Gasteiger partial charge in [-0.2, -0.15) is 0 Å². The summed E-state index contributed by atoms with van der Waals surface area (Å²) in [5, 5.41) is 15.0. The number of likely N-dealkylation sites (tertiary alicyclic amines) is 1. The minimum atomic E-state index is 0.335. The first kappa shape index (κ1) is 23.2. The molecule has 1 aliphatic heterocycles.